The third kappa shape index (κ3) is 13.0. The van der Waals surface area contributed by atoms with Gasteiger partial charge in [-0.2, -0.15) is 0 Å². The molecule has 0 aromatic heterocycles. The van der Waals surface area contributed by atoms with Crippen molar-refractivity contribution < 1.29 is 19.2 Å². The van der Waals surface area contributed by atoms with Crippen LogP contribution in [0.2, 0.25) is 0 Å². The summed E-state index contributed by atoms with van der Waals surface area (Å²) >= 11 is 0. The first kappa shape index (κ1) is 35.0. The molecule has 0 radical (unpaired) electrons. The van der Waals surface area contributed by atoms with Crippen molar-refractivity contribution in [3.05, 3.63) is 71.8 Å². The molecule has 1 fully saturated rings. The van der Waals surface area contributed by atoms with E-state index in [1.165, 1.54) is 0 Å². The summed E-state index contributed by atoms with van der Waals surface area (Å²) in [6.45, 7) is 2.30. The summed E-state index contributed by atoms with van der Waals surface area (Å²) in [6, 6.07) is 15.2. The summed E-state index contributed by atoms with van der Waals surface area (Å²) in [5.41, 5.74) is 18.8. The number of amides is 4. The van der Waals surface area contributed by atoms with Gasteiger partial charge in [0, 0.05) is 19.0 Å². The van der Waals surface area contributed by atoms with E-state index in [0.29, 0.717) is 38.6 Å². The minimum Gasteiger partial charge on any atom is -0.370 e. The Bertz CT molecular complexity index is 1270. The van der Waals surface area contributed by atoms with E-state index in [-0.39, 0.29) is 24.3 Å². The lowest BCUT2D eigenvalue weighted by Crippen LogP contribution is -2.58. The topological polar surface area (TPSA) is 207 Å². The summed E-state index contributed by atoms with van der Waals surface area (Å²) < 4.78 is 0. The number of nitrogens with one attached hydrogen (secondary N) is 4. The maximum absolute atomic E-state index is 13.7. The van der Waals surface area contributed by atoms with Gasteiger partial charge in [-0.1, -0.05) is 80.4 Å². The second kappa shape index (κ2) is 18.4. The van der Waals surface area contributed by atoms with Crippen LogP contribution in [0.5, 0.6) is 0 Å². The Morgan fingerprint density at radius 2 is 1.24 bits per heavy atom. The number of aliphatic imine (C=N–C) groups is 1. The molecule has 1 aliphatic carbocycles. The smallest absolute Gasteiger partial charge is 0.243 e. The number of benzene rings is 2. The second-order valence-electron chi connectivity index (χ2n) is 11.5. The maximum atomic E-state index is 13.7. The average molecular weight is 621 g/mol. The van der Waals surface area contributed by atoms with Crippen LogP contribution in [0.25, 0.3) is 0 Å². The van der Waals surface area contributed by atoms with Crippen LogP contribution in [-0.2, 0) is 32.0 Å². The lowest BCUT2D eigenvalue weighted by atomic mass is 10.0. The van der Waals surface area contributed by atoms with Crippen molar-refractivity contribution in [2.75, 3.05) is 6.54 Å². The Labute approximate surface area is 265 Å². The zero-order valence-corrected chi connectivity index (χ0v) is 26.0. The Morgan fingerprint density at radius 3 is 1.80 bits per heavy atom. The average Bonchev–Trinajstić information content (AvgIpc) is 3.84. The van der Waals surface area contributed by atoms with E-state index < -0.39 is 41.9 Å². The second-order valence-corrected chi connectivity index (χ2v) is 11.5. The number of rotatable bonds is 19. The fourth-order valence-corrected chi connectivity index (χ4v) is 4.82. The predicted molar refractivity (Wildman–Crippen MR) is 175 cm³/mol. The number of carbonyl (C=O) groups is 4. The Morgan fingerprint density at radius 1 is 0.733 bits per heavy atom. The number of hydrogen-bond acceptors (Lipinski definition) is 6. The highest BCUT2D eigenvalue weighted by atomic mass is 16.2. The van der Waals surface area contributed by atoms with Crippen LogP contribution in [0.1, 0.15) is 63.0 Å². The van der Waals surface area contributed by atoms with E-state index in [9.17, 15) is 19.2 Å². The molecule has 0 saturated heterocycles. The highest BCUT2D eigenvalue weighted by molar-refractivity contribution is 5.95. The van der Waals surface area contributed by atoms with Crippen molar-refractivity contribution in [1.29, 1.82) is 0 Å². The van der Waals surface area contributed by atoms with Crippen molar-refractivity contribution in [3.8, 4) is 0 Å². The molecule has 244 valence electrons. The van der Waals surface area contributed by atoms with E-state index in [1.54, 1.807) is 0 Å². The standard InChI is InChI=1S/C33H48N8O4/c1-2-3-15-26(31(44)39-27(16-10-19-37-33(35)36)30(43)38-24-17-18-24)40-32(45)28(21-23-13-8-5-9-14-23)41-29(42)25(34)20-22-11-6-4-7-12-22/h4-9,11-14,24-28H,2-3,10,15-21,34H2,1H3,(H,38,43)(H,39,44)(H,40,45)(H,41,42)(H4,35,36,37)/t25-,26-,27-,28-/m1/s1. The molecule has 0 heterocycles. The van der Waals surface area contributed by atoms with Crippen molar-refractivity contribution in [1.82, 2.24) is 21.3 Å². The van der Waals surface area contributed by atoms with Gasteiger partial charge in [0.05, 0.1) is 6.04 Å². The molecule has 12 heteroatoms. The van der Waals surface area contributed by atoms with Gasteiger partial charge in [-0.15, -0.1) is 0 Å². The molecule has 4 amide bonds. The summed E-state index contributed by atoms with van der Waals surface area (Å²) in [5.74, 6) is -1.78. The van der Waals surface area contributed by atoms with Gasteiger partial charge in [-0.05, 0) is 49.7 Å². The van der Waals surface area contributed by atoms with Gasteiger partial charge in [0.15, 0.2) is 5.96 Å². The van der Waals surface area contributed by atoms with Gasteiger partial charge in [-0.25, -0.2) is 0 Å². The Balaban J connectivity index is 1.72. The Kier molecular flexibility index (Phi) is 14.3. The lowest BCUT2D eigenvalue weighted by molar-refractivity contribution is -0.134. The molecule has 45 heavy (non-hydrogen) atoms. The molecule has 4 atom stereocenters. The molecule has 3 rings (SSSR count). The number of nitrogens with two attached hydrogens (primary N) is 3. The first-order valence-corrected chi connectivity index (χ1v) is 15.8. The summed E-state index contributed by atoms with van der Waals surface area (Å²) in [6.07, 6.45) is 4.93. The van der Waals surface area contributed by atoms with Crippen LogP contribution in [0, 0.1) is 0 Å². The van der Waals surface area contributed by atoms with Crippen LogP contribution in [-0.4, -0.2) is 66.3 Å². The zero-order valence-electron chi connectivity index (χ0n) is 26.0. The first-order chi connectivity index (χ1) is 21.7. The number of nitrogens with zero attached hydrogens (tertiary/aromatic N) is 1. The quantitative estimate of drug-likeness (QED) is 0.0681. The number of guanidine groups is 1. The van der Waals surface area contributed by atoms with Gasteiger partial charge >= 0.3 is 0 Å². The van der Waals surface area contributed by atoms with Crippen LogP contribution >= 0.6 is 0 Å². The van der Waals surface area contributed by atoms with Crippen LogP contribution in [0.3, 0.4) is 0 Å². The van der Waals surface area contributed by atoms with Crippen LogP contribution in [0.15, 0.2) is 65.7 Å². The largest absolute Gasteiger partial charge is 0.370 e. The van der Waals surface area contributed by atoms with Gasteiger partial charge in [0.2, 0.25) is 23.6 Å². The molecular formula is C33H48N8O4. The number of unbranched alkanes of at least 4 members (excludes halogenated alkanes) is 1. The van der Waals surface area contributed by atoms with Crippen molar-refractivity contribution in [2.24, 2.45) is 22.2 Å². The van der Waals surface area contributed by atoms with Gasteiger partial charge in [-0.3, -0.25) is 24.2 Å². The summed E-state index contributed by atoms with van der Waals surface area (Å²) in [4.78, 5) is 57.4. The predicted octanol–water partition coefficient (Wildman–Crippen LogP) is 0.776. The molecular weight excluding hydrogens is 572 g/mol. The minimum absolute atomic E-state index is 0.0430. The van der Waals surface area contributed by atoms with Gasteiger partial charge in [0.25, 0.3) is 0 Å². The number of hydrogen-bond donors (Lipinski definition) is 7. The minimum atomic E-state index is -0.979. The molecule has 10 N–H and O–H groups in total. The SMILES string of the molecule is CCCC[C@@H](NC(=O)[C@@H](Cc1ccccc1)NC(=O)[C@H](N)Cc1ccccc1)C(=O)N[C@H](CCCN=C(N)N)C(=O)NC1CC1. The lowest BCUT2D eigenvalue weighted by Gasteiger charge is -2.26. The monoisotopic (exact) mass is 620 g/mol. The van der Waals surface area contributed by atoms with Crippen molar-refractivity contribution >= 4 is 29.6 Å². The van der Waals surface area contributed by atoms with Crippen LogP contribution < -0.4 is 38.5 Å². The van der Waals surface area contributed by atoms with E-state index >= 15 is 0 Å². The third-order valence-electron chi connectivity index (χ3n) is 7.53. The van der Waals surface area contributed by atoms with Crippen molar-refractivity contribution in [2.45, 2.75) is 94.9 Å². The molecule has 0 unspecified atom stereocenters. The summed E-state index contributed by atoms with van der Waals surface area (Å²) in [5, 5.41) is 11.4. The van der Waals surface area contributed by atoms with E-state index in [0.717, 1.165) is 30.4 Å². The van der Waals surface area contributed by atoms with E-state index in [1.807, 2.05) is 67.6 Å². The Hall–Kier alpha value is -4.45. The highest BCUT2D eigenvalue weighted by Crippen LogP contribution is 2.19. The normalized spacial score (nSPS) is 15.1. The van der Waals surface area contributed by atoms with E-state index in [4.69, 9.17) is 17.2 Å². The molecule has 0 aliphatic heterocycles. The molecule has 2 aromatic rings. The first-order valence-electron chi connectivity index (χ1n) is 15.8. The summed E-state index contributed by atoms with van der Waals surface area (Å²) in [7, 11) is 0. The molecule has 12 nitrogen and oxygen atoms in total. The molecule has 0 bridgehead atoms. The molecule has 0 spiro atoms. The zero-order chi connectivity index (χ0) is 32.6. The van der Waals surface area contributed by atoms with Crippen molar-refractivity contribution in [3.63, 3.8) is 0 Å². The van der Waals surface area contributed by atoms with Gasteiger partial charge in [0.1, 0.15) is 18.1 Å². The molecule has 1 saturated carbocycles. The fraction of sp³-hybridized carbons (Fsp3) is 0.485. The third-order valence-corrected chi connectivity index (χ3v) is 7.53. The van der Waals surface area contributed by atoms with E-state index in [2.05, 4.69) is 26.3 Å². The molecule has 2 aromatic carbocycles. The highest BCUT2D eigenvalue weighted by Gasteiger charge is 2.32. The molecule has 1 aliphatic rings. The fourth-order valence-electron chi connectivity index (χ4n) is 4.82. The number of carbonyl (C=O) groups excluding carboxylic acids is 4. The van der Waals surface area contributed by atoms with Gasteiger partial charge < -0.3 is 38.5 Å². The maximum Gasteiger partial charge on any atom is 0.243 e. The van der Waals surface area contributed by atoms with Crippen LogP contribution in [0.4, 0.5) is 0 Å².